The zero-order valence-electron chi connectivity index (χ0n) is 6.34. The van der Waals surface area contributed by atoms with Gasteiger partial charge in [0.15, 0.2) is 0 Å². The molecule has 1 saturated carbocycles. The Hall–Kier alpha value is 0.200. The molecule has 3 nitrogen and oxygen atoms in total. The number of hydrogen-bond donors (Lipinski definition) is 0. The quantitative estimate of drug-likeness (QED) is 0.636. The van der Waals surface area contributed by atoms with E-state index in [0.29, 0.717) is 6.42 Å². The van der Waals surface area contributed by atoms with Crippen LogP contribution in [-0.4, -0.2) is 26.9 Å². The molecule has 0 aromatic rings. The summed E-state index contributed by atoms with van der Waals surface area (Å²) in [5, 5.41) is 0. The summed E-state index contributed by atoms with van der Waals surface area (Å²) in [5.41, 5.74) is -0.165. The van der Waals surface area contributed by atoms with E-state index in [4.69, 9.17) is 15.4 Å². The van der Waals surface area contributed by atoms with E-state index in [1.54, 1.807) is 7.11 Å². The smallest absolute Gasteiger partial charge is 0.232 e. The number of methoxy groups -OCH3 is 1. The van der Waals surface area contributed by atoms with E-state index in [2.05, 4.69) is 0 Å². The number of rotatable bonds is 4. The maximum atomic E-state index is 10.5. The van der Waals surface area contributed by atoms with Crippen LogP contribution in [0.2, 0.25) is 0 Å². The van der Waals surface area contributed by atoms with Gasteiger partial charge in [-0.15, -0.1) is 0 Å². The topological polar surface area (TPSA) is 43.4 Å². The fraction of sp³-hybridized carbons (Fsp3) is 1.00. The first kappa shape index (κ1) is 9.29. The Bertz CT molecular complexity index is 230. The molecule has 1 fully saturated rings. The molecule has 0 aromatic carbocycles. The minimum Gasteiger partial charge on any atom is -0.378 e. The minimum atomic E-state index is -3.34. The van der Waals surface area contributed by atoms with Gasteiger partial charge in [-0.1, -0.05) is 0 Å². The highest BCUT2D eigenvalue weighted by Gasteiger charge is 2.43. The summed E-state index contributed by atoms with van der Waals surface area (Å²) in [7, 11) is 3.31. The van der Waals surface area contributed by atoms with Crippen LogP contribution in [-0.2, 0) is 13.8 Å². The van der Waals surface area contributed by atoms with Crippen molar-refractivity contribution in [3.63, 3.8) is 0 Å². The zero-order valence-corrected chi connectivity index (χ0v) is 7.91. The van der Waals surface area contributed by atoms with Crippen molar-refractivity contribution in [3.05, 3.63) is 0 Å². The Labute approximate surface area is 71.1 Å². The predicted molar refractivity (Wildman–Crippen MR) is 43.2 cm³/mol. The molecular formula is C6H11ClO3S. The van der Waals surface area contributed by atoms with Crippen LogP contribution in [0.4, 0.5) is 0 Å². The van der Waals surface area contributed by atoms with Crippen molar-refractivity contribution in [2.75, 3.05) is 12.9 Å². The molecule has 0 radical (unpaired) electrons. The second-order valence-electron chi connectivity index (χ2n) is 2.88. The number of ether oxygens (including phenoxy) is 1. The summed E-state index contributed by atoms with van der Waals surface area (Å²) in [4.78, 5) is 0. The molecule has 1 aliphatic carbocycles. The summed E-state index contributed by atoms with van der Waals surface area (Å²) < 4.78 is 26.2. The maximum Gasteiger partial charge on any atom is 0.232 e. The van der Waals surface area contributed by atoms with E-state index in [-0.39, 0.29) is 11.4 Å². The molecule has 1 rings (SSSR count). The van der Waals surface area contributed by atoms with Crippen molar-refractivity contribution in [1.82, 2.24) is 0 Å². The highest BCUT2D eigenvalue weighted by Crippen LogP contribution is 2.42. The lowest BCUT2D eigenvalue weighted by Gasteiger charge is -2.10. The first-order valence-corrected chi connectivity index (χ1v) is 5.93. The van der Waals surface area contributed by atoms with Crippen molar-refractivity contribution in [1.29, 1.82) is 0 Å². The number of hydrogen-bond acceptors (Lipinski definition) is 3. The Balaban J connectivity index is 2.33. The van der Waals surface area contributed by atoms with E-state index in [9.17, 15) is 8.42 Å². The summed E-state index contributed by atoms with van der Waals surface area (Å²) in [5.74, 6) is 0.0163. The van der Waals surface area contributed by atoms with Crippen LogP contribution < -0.4 is 0 Å². The third kappa shape index (κ3) is 2.97. The van der Waals surface area contributed by atoms with Gasteiger partial charge in [0.2, 0.25) is 9.05 Å². The molecule has 0 aromatic heterocycles. The third-order valence-corrected chi connectivity index (χ3v) is 3.20. The standard InChI is InChI=1S/C6H11ClO3S/c1-10-6(2-3-6)4-5-11(7,8)9/h2-5H2,1H3. The van der Waals surface area contributed by atoms with E-state index in [1.807, 2.05) is 0 Å². The van der Waals surface area contributed by atoms with Gasteiger partial charge in [0.1, 0.15) is 0 Å². The van der Waals surface area contributed by atoms with E-state index < -0.39 is 9.05 Å². The summed E-state index contributed by atoms with van der Waals surface area (Å²) in [6, 6.07) is 0. The number of halogens is 1. The van der Waals surface area contributed by atoms with Crippen molar-refractivity contribution in [3.8, 4) is 0 Å². The lowest BCUT2D eigenvalue weighted by molar-refractivity contribution is 0.0779. The Morgan fingerprint density at radius 2 is 2.09 bits per heavy atom. The molecule has 11 heavy (non-hydrogen) atoms. The van der Waals surface area contributed by atoms with Gasteiger partial charge >= 0.3 is 0 Å². The molecule has 0 aliphatic heterocycles. The molecule has 0 spiro atoms. The van der Waals surface area contributed by atoms with Gasteiger partial charge in [-0.05, 0) is 19.3 Å². The first-order chi connectivity index (χ1) is 4.97. The van der Waals surface area contributed by atoms with Crippen molar-refractivity contribution >= 4 is 19.7 Å². The largest absolute Gasteiger partial charge is 0.378 e. The SMILES string of the molecule is COC1(CCS(=O)(=O)Cl)CC1. The molecule has 0 heterocycles. The minimum absolute atomic E-state index is 0.0163. The van der Waals surface area contributed by atoms with Gasteiger partial charge in [-0.25, -0.2) is 8.42 Å². The second kappa shape index (κ2) is 2.92. The van der Waals surface area contributed by atoms with E-state index in [1.165, 1.54) is 0 Å². The third-order valence-electron chi connectivity index (χ3n) is 2.04. The Morgan fingerprint density at radius 3 is 2.36 bits per heavy atom. The molecular weight excluding hydrogens is 188 g/mol. The van der Waals surface area contributed by atoms with Crippen molar-refractivity contribution in [2.24, 2.45) is 0 Å². The molecule has 66 valence electrons. The molecule has 0 atom stereocenters. The van der Waals surface area contributed by atoms with Crippen molar-refractivity contribution < 1.29 is 13.2 Å². The highest BCUT2D eigenvalue weighted by atomic mass is 35.7. The van der Waals surface area contributed by atoms with Crippen LogP contribution in [0.5, 0.6) is 0 Å². The molecule has 0 amide bonds. The predicted octanol–water partition coefficient (Wildman–Crippen LogP) is 1.12. The monoisotopic (exact) mass is 198 g/mol. The van der Waals surface area contributed by atoms with Crippen LogP contribution in [0.3, 0.4) is 0 Å². The van der Waals surface area contributed by atoms with Gasteiger partial charge in [-0.3, -0.25) is 0 Å². The molecule has 0 N–H and O–H groups in total. The summed E-state index contributed by atoms with van der Waals surface area (Å²) in [6.07, 6.45) is 2.43. The van der Waals surface area contributed by atoms with Gasteiger partial charge in [0, 0.05) is 17.8 Å². The van der Waals surface area contributed by atoms with Crippen molar-refractivity contribution in [2.45, 2.75) is 24.9 Å². The van der Waals surface area contributed by atoms with Gasteiger partial charge in [-0.2, -0.15) is 0 Å². The zero-order chi connectivity index (χ0) is 8.54. The highest BCUT2D eigenvalue weighted by molar-refractivity contribution is 8.13. The van der Waals surface area contributed by atoms with Gasteiger partial charge < -0.3 is 4.74 Å². The lowest BCUT2D eigenvalue weighted by Crippen LogP contribution is -2.15. The maximum absolute atomic E-state index is 10.5. The average molecular weight is 199 g/mol. The van der Waals surface area contributed by atoms with Crippen LogP contribution in [0, 0.1) is 0 Å². The van der Waals surface area contributed by atoms with Crippen LogP contribution in [0.15, 0.2) is 0 Å². The molecule has 5 heteroatoms. The lowest BCUT2D eigenvalue weighted by atomic mass is 10.2. The van der Waals surface area contributed by atoms with Gasteiger partial charge in [0.25, 0.3) is 0 Å². The van der Waals surface area contributed by atoms with E-state index in [0.717, 1.165) is 12.8 Å². The fourth-order valence-corrected chi connectivity index (χ4v) is 1.85. The summed E-state index contributed by atoms with van der Waals surface area (Å²) in [6.45, 7) is 0. The average Bonchev–Trinajstić information content (AvgIpc) is 2.63. The van der Waals surface area contributed by atoms with E-state index >= 15 is 0 Å². The van der Waals surface area contributed by atoms with Crippen LogP contribution in [0.25, 0.3) is 0 Å². The summed E-state index contributed by atoms with van der Waals surface area (Å²) >= 11 is 0. The Morgan fingerprint density at radius 1 is 1.55 bits per heavy atom. The Kier molecular flexibility index (Phi) is 2.46. The van der Waals surface area contributed by atoms with Crippen LogP contribution in [0.1, 0.15) is 19.3 Å². The first-order valence-electron chi connectivity index (χ1n) is 3.45. The fourth-order valence-electron chi connectivity index (χ4n) is 1.00. The second-order valence-corrected chi connectivity index (χ2v) is 5.78. The molecule has 0 bridgehead atoms. The molecule has 1 aliphatic rings. The normalized spacial score (nSPS) is 21.6. The van der Waals surface area contributed by atoms with Crippen LogP contribution >= 0.6 is 10.7 Å². The molecule has 0 saturated heterocycles. The van der Waals surface area contributed by atoms with Gasteiger partial charge in [0.05, 0.1) is 11.4 Å². The molecule has 0 unspecified atom stereocenters.